The Morgan fingerprint density at radius 3 is 2.62 bits per heavy atom. The Morgan fingerprint density at radius 1 is 1.05 bits per heavy atom. The summed E-state index contributed by atoms with van der Waals surface area (Å²) in [5.74, 6) is -0.392. The minimum absolute atomic E-state index is 0.202. The molecule has 0 fully saturated rings. The van der Waals surface area contributed by atoms with Crippen molar-refractivity contribution in [3.8, 4) is 5.75 Å². The Morgan fingerprint density at radius 2 is 1.86 bits per heavy atom. The first kappa shape index (κ1) is 13.4. The molecular formula is C17H14O4. The van der Waals surface area contributed by atoms with E-state index in [1.807, 2.05) is 31.2 Å². The Hall–Kier alpha value is -2.59. The van der Waals surface area contributed by atoms with E-state index in [1.165, 1.54) is 0 Å². The second-order valence-corrected chi connectivity index (χ2v) is 4.95. The van der Waals surface area contributed by atoms with Gasteiger partial charge in [-0.25, -0.2) is 4.79 Å². The van der Waals surface area contributed by atoms with E-state index in [1.54, 1.807) is 18.2 Å². The van der Waals surface area contributed by atoms with E-state index >= 15 is 0 Å². The third-order valence-electron chi connectivity index (χ3n) is 3.51. The van der Waals surface area contributed by atoms with Gasteiger partial charge in [-0.3, -0.25) is 0 Å². The number of esters is 1. The van der Waals surface area contributed by atoms with Gasteiger partial charge < -0.3 is 14.9 Å². The van der Waals surface area contributed by atoms with Gasteiger partial charge in [0, 0.05) is 10.8 Å². The number of benzene rings is 3. The fourth-order valence-corrected chi connectivity index (χ4v) is 2.48. The summed E-state index contributed by atoms with van der Waals surface area (Å²) in [5.41, 5.74) is 1.41. The van der Waals surface area contributed by atoms with Gasteiger partial charge in [0.15, 0.2) is 6.79 Å². The fourth-order valence-electron chi connectivity index (χ4n) is 2.48. The van der Waals surface area contributed by atoms with Crippen LogP contribution in [-0.4, -0.2) is 23.0 Å². The van der Waals surface area contributed by atoms with Crippen molar-refractivity contribution in [2.45, 2.75) is 6.92 Å². The highest BCUT2D eigenvalue weighted by Gasteiger charge is 2.11. The molecule has 0 spiro atoms. The number of hydrogen-bond acceptors (Lipinski definition) is 4. The zero-order valence-electron chi connectivity index (χ0n) is 11.5. The van der Waals surface area contributed by atoms with Crippen LogP contribution in [0, 0.1) is 6.92 Å². The Balaban J connectivity index is 2.25. The molecule has 0 aliphatic heterocycles. The van der Waals surface area contributed by atoms with Crippen LogP contribution in [0.4, 0.5) is 0 Å². The number of ether oxygens (including phenoxy) is 1. The smallest absolute Gasteiger partial charge is 0.340 e. The molecule has 0 heterocycles. The molecule has 21 heavy (non-hydrogen) atoms. The summed E-state index contributed by atoms with van der Waals surface area (Å²) in [7, 11) is 0. The van der Waals surface area contributed by atoms with Gasteiger partial charge in [-0.1, -0.05) is 17.7 Å². The predicted octanol–water partition coefficient (Wildman–Crippen LogP) is 3.11. The lowest BCUT2D eigenvalue weighted by atomic mass is 9.99. The largest absolute Gasteiger partial charge is 0.507 e. The number of aromatic hydroxyl groups is 1. The summed E-state index contributed by atoms with van der Waals surface area (Å²) in [5, 5.41) is 22.2. The van der Waals surface area contributed by atoms with E-state index in [-0.39, 0.29) is 5.75 Å². The van der Waals surface area contributed by atoms with Crippen molar-refractivity contribution < 1.29 is 19.7 Å². The van der Waals surface area contributed by atoms with Crippen molar-refractivity contribution >= 4 is 27.5 Å². The number of carbonyl (C=O) groups is 1. The van der Waals surface area contributed by atoms with E-state index in [2.05, 4.69) is 4.74 Å². The Bertz CT molecular complexity index is 852. The first-order valence-electron chi connectivity index (χ1n) is 6.54. The molecule has 0 aromatic heterocycles. The average Bonchev–Trinajstić information content (AvgIpc) is 2.48. The first-order chi connectivity index (χ1) is 10.1. The zero-order chi connectivity index (χ0) is 15.0. The van der Waals surface area contributed by atoms with Gasteiger partial charge in [-0.15, -0.1) is 0 Å². The maximum atomic E-state index is 11.6. The number of rotatable bonds is 2. The van der Waals surface area contributed by atoms with E-state index in [0.29, 0.717) is 10.9 Å². The van der Waals surface area contributed by atoms with Gasteiger partial charge in [0.2, 0.25) is 0 Å². The minimum atomic E-state index is -0.654. The normalized spacial score (nSPS) is 11.0. The predicted molar refractivity (Wildman–Crippen MR) is 80.4 cm³/mol. The summed E-state index contributed by atoms with van der Waals surface area (Å²) in [4.78, 5) is 11.6. The first-order valence-corrected chi connectivity index (χ1v) is 6.54. The van der Waals surface area contributed by atoms with Crippen LogP contribution in [-0.2, 0) is 4.74 Å². The highest BCUT2D eigenvalue weighted by atomic mass is 16.6. The third-order valence-corrected chi connectivity index (χ3v) is 3.51. The summed E-state index contributed by atoms with van der Waals surface area (Å²) >= 11 is 0. The minimum Gasteiger partial charge on any atom is -0.507 e. The van der Waals surface area contributed by atoms with Crippen molar-refractivity contribution in [3.63, 3.8) is 0 Å². The summed E-state index contributed by atoms with van der Waals surface area (Å²) in [6.45, 7) is 1.32. The molecule has 0 saturated carbocycles. The monoisotopic (exact) mass is 282 g/mol. The molecule has 0 aliphatic rings. The molecule has 0 unspecified atom stereocenters. The second-order valence-electron chi connectivity index (χ2n) is 4.95. The van der Waals surface area contributed by atoms with Crippen LogP contribution < -0.4 is 0 Å². The third kappa shape index (κ3) is 2.30. The summed E-state index contributed by atoms with van der Waals surface area (Å²) < 4.78 is 4.56. The van der Waals surface area contributed by atoms with Crippen LogP contribution >= 0.6 is 0 Å². The van der Waals surface area contributed by atoms with Crippen molar-refractivity contribution in [2.24, 2.45) is 0 Å². The van der Waals surface area contributed by atoms with Crippen LogP contribution in [0.5, 0.6) is 5.75 Å². The molecule has 4 nitrogen and oxygen atoms in total. The van der Waals surface area contributed by atoms with Gasteiger partial charge in [-0.05, 0) is 48.0 Å². The van der Waals surface area contributed by atoms with Gasteiger partial charge in [0.25, 0.3) is 0 Å². The summed E-state index contributed by atoms with van der Waals surface area (Å²) in [6, 6.07) is 12.6. The molecule has 3 aromatic carbocycles. The number of hydrogen-bond donors (Lipinski definition) is 2. The quantitative estimate of drug-likeness (QED) is 0.430. The molecule has 3 aromatic rings. The highest BCUT2D eigenvalue weighted by Crippen LogP contribution is 2.34. The molecule has 106 valence electrons. The molecule has 0 saturated heterocycles. The maximum absolute atomic E-state index is 11.6. The topological polar surface area (TPSA) is 66.8 Å². The van der Waals surface area contributed by atoms with Crippen molar-refractivity contribution in [2.75, 3.05) is 6.79 Å². The standard InChI is InChI=1S/C17H14O4/c1-10-2-3-11-7-13-8-12(17(20)21-9-18)4-5-14(13)16(19)15(11)6-10/h2-8,18-19H,9H2,1H3. The molecule has 4 heteroatoms. The molecular weight excluding hydrogens is 268 g/mol. The van der Waals surface area contributed by atoms with Crippen molar-refractivity contribution in [3.05, 3.63) is 53.6 Å². The van der Waals surface area contributed by atoms with Crippen molar-refractivity contribution in [1.29, 1.82) is 0 Å². The maximum Gasteiger partial charge on any atom is 0.340 e. The number of aliphatic hydroxyl groups is 1. The van der Waals surface area contributed by atoms with E-state index in [0.717, 1.165) is 21.7 Å². The lowest BCUT2D eigenvalue weighted by Gasteiger charge is -2.09. The highest BCUT2D eigenvalue weighted by molar-refractivity contribution is 6.07. The van der Waals surface area contributed by atoms with Crippen LogP contribution in [0.3, 0.4) is 0 Å². The van der Waals surface area contributed by atoms with Gasteiger partial charge in [-0.2, -0.15) is 0 Å². The van der Waals surface area contributed by atoms with Crippen LogP contribution in [0.1, 0.15) is 15.9 Å². The number of phenols is 1. The lowest BCUT2D eigenvalue weighted by molar-refractivity contribution is 0.00685. The molecule has 0 amide bonds. The van der Waals surface area contributed by atoms with Crippen molar-refractivity contribution in [1.82, 2.24) is 0 Å². The summed E-state index contributed by atoms with van der Waals surface area (Å²) in [6.07, 6.45) is 0. The molecule has 3 rings (SSSR count). The number of carbonyl (C=O) groups excluding carboxylic acids is 1. The molecule has 2 N–H and O–H groups in total. The SMILES string of the molecule is Cc1ccc2cc3cc(C(=O)OCO)ccc3c(O)c2c1. The van der Waals surface area contributed by atoms with Gasteiger partial charge >= 0.3 is 5.97 Å². The number of aliphatic hydroxyl groups excluding tert-OH is 1. The van der Waals surface area contributed by atoms with Crippen LogP contribution in [0.15, 0.2) is 42.5 Å². The Kier molecular flexibility index (Phi) is 3.23. The van der Waals surface area contributed by atoms with E-state index in [4.69, 9.17) is 5.11 Å². The zero-order valence-corrected chi connectivity index (χ0v) is 11.5. The molecule has 0 radical (unpaired) electrons. The fraction of sp³-hybridized carbons (Fsp3) is 0.118. The molecule has 0 atom stereocenters. The van der Waals surface area contributed by atoms with E-state index in [9.17, 15) is 9.90 Å². The Labute approximate surface area is 121 Å². The van der Waals surface area contributed by atoms with E-state index < -0.39 is 12.8 Å². The van der Waals surface area contributed by atoms with Crippen LogP contribution in [0.2, 0.25) is 0 Å². The lowest BCUT2D eigenvalue weighted by Crippen LogP contribution is -2.05. The second kappa shape index (κ2) is 5.07. The van der Waals surface area contributed by atoms with Crippen LogP contribution in [0.25, 0.3) is 21.5 Å². The number of aryl methyl sites for hydroxylation is 1. The number of fused-ring (bicyclic) bond motifs is 2. The van der Waals surface area contributed by atoms with Gasteiger partial charge in [0.05, 0.1) is 5.56 Å². The molecule has 0 bridgehead atoms. The van der Waals surface area contributed by atoms with Gasteiger partial charge in [0.1, 0.15) is 5.75 Å². The average molecular weight is 282 g/mol. The number of phenolic OH excluding ortho intramolecular Hbond substituents is 1. The molecule has 0 aliphatic carbocycles.